The van der Waals surface area contributed by atoms with E-state index < -0.39 is 32.5 Å². The first-order valence-electron chi connectivity index (χ1n) is 18.3. The van der Waals surface area contributed by atoms with Crippen LogP contribution in [0.2, 0.25) is 0 Å². The van der Waals surface area contributed by atoms with E-state index in [1.165, 1.54) is 25.7 Å². The molecule has 0 saturated carbocycles. The molecule has 0 aromatic rings. The lowest BCUT2D eigenvalue weighted by Crippen LogP contribution is -2.37. The van der Waals surface area contributed by atoms with E-state index in [2.05, 4.69) is 62.5 Å². The SMILES string of the molecule is CCC/C=C/C/C=C/C/C=C/C/C=C/CCCCCC(=O)O[C@H](COC(=O)CCCCCCCCC)COP(=O)([O-])OCC[N+](C)(C)C. The van der Waals surface area contributed by atoms with E-state index in [1.54, 1.807) is 0 Å². The summed E-state index contributed by atoms with van der Waals surface area (Å²) in [5.74, 6) is -0.884. The van der Waals surface area contributed by atoms with Crippen LogP contribution in [-0.4, -0.2) is 70.0 Å². The number of likely N-dealkylation sites (N-methyl/N-ethyl adjacent to an activating group) is 1. The van der Waals surface area contributed by atoms with Crippen LogP contribution in [0, 0.1) is 0 Å². The maximum absolute atomic E-state index is 12.6. The lowest BCUT2D eigenvalue weighted by molar-refractivity contribution is -0.870. The van der Waals surface area contributed by atoms with Crippen molar-refractivity contribution in [1.29, 1.82) is 0 Å². The maximum atomic E-state index is 12.6. The summed E-state index contributed by atoms with van der Waals surface area (Å²) < 4.78 is 33.6. The number of unbranched alkanes of at least 4 members (excludes halogenated alkanes) is 10. The maximum Gasteiger partial charge on any atom is 0.306 e. The van der Waals surface area contributed by atoms with E-state index in [9.17, 15) is 19.0 Å². The van der Waals surface area contributed by atoms with Crippen LogP contribution in [0.25, 0.3) is 0 Å². The van der Waals surface area contributed by atoms with E-state index in [-0.39, 0.29) is 26.1 Å². The summed E-state index contributed by atoms with van der Waals surface area (Å²) in [5, 5.41) is 0. The van der Waals surface area contributed by atoms with Gasteiger partial charge in [0.25, 0.3) is 7.82 Å². The molecular weight excluding hydrogens is 629 g/mol. The fourth-order valence-electron chi connectivity index (χ4n) is 4.41. The Hall–Kier alpha value is -2.03. The van der Waals surface area contributed by atoms with Crippen LogP contribution in [-0.2, 0) is 32.7 Å². The van der Waals surface area contributed by atoms with Gasteiger partial charge < -0.3 is 27.9 Å². The molecule has 0 amide bonds. The highest BCUT2D eigenvalue weighted by atomic mass is 31.2. The van der Waals surface area contributed by atoms with Gasteiger partial charge in [-0.2, -0.15) is 0 Å². The first kappa shape index (κ1) is 46.0. The van der Waals surface area contributed by atoms with Crippen LogP contribution in [0.1, 0.15) is 129 Å². The Labute approximate surface area is 293 Å². The first-order valence-corrected chi connectivity index (χ1v) is 19.8. The topological polar surface area (TPSA) is 111 Å². The average molecular weight is 698 g/mol. The number of nitrogens with zero attached hydrogens (tertiary/aromatic N) is 1. The molecule has 0 aromatic heterocycles. The third kappa shape index (κ3) is 33.9. The molecule has 0 spiro atoms. The number of hydrogen-bond acceptors (Lipinski definition) is 8. The Morgan fingerprint density at radius 3 is 1.75 bits per heavy atom. The summed E-state index contributed by atoms with van der Waals surface area (Å²) in [6.07, 6.45) is 33.0. The molecule has 1 unspecified atom stereocenters. The number of allylic oxidation sites excluding steroid dienone is 8. The third-order valence-electron chi connectivity index (χ3n) is 7.33. The number of phosphoric acid groups is 1. The predicted octanol–water partition coefficient (Wildman–Crippen LogP) is 8.94. The molecule has 0 aliphatic carbocycles. The number of quaternary nitrogens is 1. The molecule has 278 valence electrons. The van der Waals surface area contributed by atoms with Crippen LogP contribution in [0.15, 0.2) is 48.6 Å². The van der Waals surface area contributed by atoms with Crippen molar-refractivity contribution in [3.05, 3.63) is 48.6 Å². The van der Waals surface area contributed by atoms with Crippen LogP contribution in [0.3, 0.4) is 0 Å². The largest absolute Gasteiger partial charge is 0.756 e. The lowest BCUT2D eigenvalue weighted by atomic mass is 10.1. The van der Waals surface area contributed by atoms with Gasteiger partial charge >= 0.3 is 11.9 Å². The number of ether oxygens (including phenoxy) is 2. The number of carbonyl (C=O) groups is 2. The molecule has 0 heterocycles. The van der Waals surface area contributed by atoms with Crippen molar-refractivity contribution < 1.29 is 42.1 Å². The highest BCUT2D eigenvalue weighted by molar-refractivity contribution is 7.45. The molecule has 0 fully saturated rings. The normalized spacial score (nSPS) is 14.4. The van der Waals surface area contributed by atoms with Crippen molar-refractivity contribution in [1.82, 2.24) is 0 Å². The van der Waals surface area contributed by atoms with Gasteiger partial charge in [-0.15, -0.1) is 0 Å². The van der Waals surface area contributed by atoms with Crippen LogP contribution < -0.4 is 4.89 Å². The number of phosphoric ester groups is 1. The van der Waals surface area contributed by atoms with Crippen LogP contribution >= 0.6 is 7.82 Å². The zero-order valence-corrected chi connectivity index (χ0v) is 31.8. The van der Waals surface area contributed by atoms with Gasteiger partial charge in [0.1, 0.15) is 19.8 Å². The van der Waals surface area contributed by atoms with Crippen LogP contribution in [0.4, 0.5) is 0 Å². The molecule has 0 N–H and O–H groups in total. The van der Waals surface area contributed by atoms with Gasteiger partial charge in [-0.3, -0.25) is 14.2 Å². The molecule has 0 radical (unpaired) electrons. The molecule has 0 saturated heterocycles. The van der Waals surface area contributed by atoms with Gasteiger partial charge in [0.15, 0.2) is 6.10 Å². The summed E-state index contributed by atoms with van der Waals surface area (Å²) >= 11 is 0. The quantitative estimate of drug-likeness (QED) is 0.0225. The number of esters is 2. The number of rotatable bonds is 32. The summed E-state index contributed by atoms with van der Waals surface area (Å²) in [7, 11) is 1.13. The highest BCUT2D eigenvalue weighted by Crippen LogP contribution is 2.38. The average Bonchev–Trinajstić information content (AvgIpc) is 3.02. The van der Waals surface area contributed by atoms with Gasteiger partial charge in [0, 0.05) is 12.8 Å². The zero-order valence-electron chi connectivity index (χ0n) is 30.9. The molecule has 0 aromatic carbocycles. The smallest absolute Gasteiger partial charge is 0.306 e. The Bertz CT molecular complexity index is 970. The van der Waals surface area contributed by atoms with Gasteiger partial charge in [-0.25, -0.2) is 0 Å². The Kier molecular flexibility index (Phi) is 29.7. The molecular formula is C38H68NO8P. The van der Waals surface area contributed by atoms with Crippen molar-refractivity contribution in [2.24, 2.45) is 0 Å². The second-order valence-electron chi connectivity index (χ2n) is 13.2. The van der Waals surface area contributed by atoms with Crippen LogP contribution in [0.5, 0.6) is 0 Å². The molecule has 2 atom stereocenters. The van der Waals surface area contributed by atoms with Gasteiger partial charge in [0.05, 0.1) is 27.7 Å². The summed E-state index contributed by atoms with van der Waals surface area (Å²) in [6, 6.07) is 0. The lowest BCUT2D eigenvalue weighted by Gasteiger charge is -2.28. The minimum Gasteiger partial charge on any atom is -0.756 e. The molecule has 0 rings (SSSR count). The summed E-state index contributed by atoms with van der Waals surface area (Å²) in [5.41, 5.74) is 0. The van der Waals surface area contributed by atoms with Crippen molar-refractivity contribution >= 4 is 19.8 Å². The van der Waals surface area contributed by atoms with Crippen molar-refractivity contribution in [2.45, 2.75) is 136 Å². The second kappa shape index (κ2) is 31.0. The van der Waals surface area contributed by atoms with Gasteiger partial charge in [-0.05, 0) is 51.4 Å². The predicted molar refractivity (Wildman–Crippen MR) is 194 cm³/mol. The molecule has 0 aliphatic rings. The fraction of sp³-hybridized carbons (Fsp3) is 0.737. The minimum absolute atomic E-state index is 0.0386. The summed E-state index contributed by atoms with van der Waals surface area (Å²) in [6.45, 7) is 4.03. The number of carbonyl (C=O) groups excluding carboxylic acids is 2. The zero-order chi connectivity index (χ0) is 35.8. The van der Waals surface area contributed by atoms with Crippen molar-refractivity contribution in [2.75, 3.05) is 47.5 Å². The second-order valence-corrected chi connectivity index (χ2v) is 14.6. The van der Waals surface area contributed by atoms with E-state index in [0.29, 0.717) is 17.4 Å². The van der Waals surface area contributed by atoms with E-state index in [1.807, 2.05) is 21.1 Å². The molecule has 0 bridgehead atoms. The molecule has 0 aliphatic heterocycles. The monoisotopic (exact) mass is 697 g/mol. The van der Waals surface area contributed by atoms with E-state index >= 15 is 0 Å². The fourth-order valence-corrected chi connectivity index (χ4v) is 5.14. The van der Waals surface area contributed by atoms with Gasteiger partial charge in [0.2, 0.25) is 0 Å². The van der Waals surface area contributed by atoms with E-state index in [4.69, 9.17) is 18.5 Å². The Balaban J connectivity index is 4.48. The molecule has 10 heteroatoms. The molecule has 9 nitrogen and oxygen atoms in total. The van der Waals surface area contributed by atoms with Crippen molar-refractivity contribution in [3.8, 4) is 0 Å². The Morgan fingerprint density at radius 1 is 0.646 bits per heavy atom. The highest BCUT2D eigenvalue weighted by Gasteiger charge is 2.21. The minimum atomic E-state index is -4.62. The third-order valence-corrected chi connectivity index (χ3v) is 8.30. The van der Waals surface area contributed by atoms with E-state index in [0.717, 1.165) is 70.6 Å². The standard InChI is InChI=1S/C38H68NO8P/c1-6-8-10-12-14-15-16-17-18-19-20-21-22-23-25-27-29-31-38(41)47-36(35-46-48(42,43)45-33-32-39(3,4)5)34-44-37(40)30-28-26-24-13-11-9-7-2/h10,12,15-16,18-19,21-22,36H,6-9,11,13-14,17,20,23-35H2,1-5H3/b12-10+,16-15+,19-18+,22-21+/t36-/m1/s1. The summed E-state index contributed by atoms with van der Waals surface area (Å²) in [4.78, 5) is 37.1. The van der Waals surface area contributed by atoms with Gasteiger partial charge in [-0.1, -0.05) is 114 Å². The Morgan fingerprint density at radius 2 is 1.17 bits per heavy atom. The number of hydrogen-bond donors (Lipinski definition) is 0. The molecule has 48 heavy (non-hydrogen) atoms. The van der Waals surface area contributed by atoms with Crippen molar-refractivity contribution in [3.63, 3.8) is 0 Å². The first-order chi connectivity index (χ1) is 23.0.